The Morgan fingerprint density at radius 1 is 1.32 bits per heavy atom. The molecule has 1 fully saturated rings. The molecule has 0 spiro atoms. The number of rotatable bonds is 6. The van der Waals surface area contributed by atoms with Crippen molar-refractivity contribution >= 4 is 10.2 Å². The van der Waals surface area contributed by atoms with Gasteiger partial charge in [-0.1, -0.05) is 5.21 Å². The standard InChI is InChI=1S/C13H23N5O3S/c1-16(2)22(19,20)18-6-11(9-21-8-10-4-5-10)13-12(7-18)14-15-17(13)3/h10-11H,4-9H2,1-3H3. The highest BCUT2D eigenvalue weighted by Crippen LogP contribution is 2.31. The van der Waals surface area contributed by atoms with E-state index in [1.54, 1.807) is 18.8 Å². The van der Waals surface area contributed by atoms with Crippen molar-refractivity contribution in [3.05, 3.63) is 11.4 Å². The summed E-state index contributed by atoms with van der Waals surface area (Å²) in [6, 6.07) is 0. The second kappa shape index (κ2) is 5.88. The van der Waals surface area contributed by atoms with Gasteiger partial charge in [-0.15, -0.1) is 5.10 Å². The molecule has 1 aromatic heterocycles. The third-order valence-corrected chi connectivity index (χ3v) is 6.09. The smallest absolute Gasteiger partial charge is 0.281 e. The third-order valence-electron chi connectivity index (χ3n) is 4.24. The van der Waals surface area contributed by atoms with Crippen molar-refractivity contribution in [2.24, 2.45) is 13.0 Å². The Balaban J connectivity index is 1.78. The fourth-order valence-corrected chi connectivity index (χ4v) is 3.90. The van der Waals surface area contributed by atoms with Gasteiger partial charge in [0.1, 0.15) is 5.69 Å². The van der Waals surface area contributed by atoms with Crippen LogP contribution >= 0.6 is 0 Å². The maximum atomic E-state index is 12.4. The Bertz CT molecular complexity index is 638. The number of hydrogen-bond acceptors (Lipinski definition) is 5. The highest BCUT2D eigenvalue weighted by atomic mass is 32.2. The fraction of sp³-hybridized carbons (Fsp3) is 0.846. The lowest BCUT2D eigenvalue weighted by Crippen LogP contribution is -2.45. The summed E-state index contributed by atoms with van der Waals surface area (Å²) in [5, 5.41) is 8.16. The average Bonchev–Trinajstić information content (AvgIpc) is 3.21. The highest BCUT2D eigenvalue weighted by molar-refractivity contribution is 7.86. The van der Waals surface area contributed by atoms with Gasteiger partial charge in [-0.2, -0.15) is 17.0 Å². The van der Waals surface area contributed by atoms with Gasteiger partial charge in [0, 0.05) is 40.2 Å². The van der Waals surface area contributed by atoms with Crippen molar-refractivity contribution in [3.8, 4) is 0 Å². The van der Waals surface area contributed by atoms with E-state index in [0.717, 1.165) is 18.0 Å². The van der Waals surface area contributed by atoms with Crippen LogP contribution in [0.1, 0.15) is 30.1 Å². The molecule has 0 saturated heterocycles. The summed E-state index contributed by atoms with van der Waals surface area (Å²) in [4.78, 5) is 0. The zero-order valence-corrected chi connectivity index (χ0v) is 14.1. The van der Waals surface area contributed by atoms with Crippen LogP contribution < -0.4 is 0 Å². The van der Waals surface area contributed by atoms with Gasteiger partial charge in [-0.05, 0) is 18.8 Å². The molecule has 8 nitrogen and oxygen atoms in total. The van der Waals surface area contributed by atoms with Crippen molar-refractivity contribution in [3.63, 3.8) is 0 Å². The minimum Gasteiger partial charge on any atom is -0.380 e. The van der Waals surface area contributed by atoms with Crippen LogP contribution in [-0.2, 0) is 28.5 Å². The van der Waals surface area contributed by atoms with Crippen LogP contribution in [0.2, 0.25) is 0 Å². The SMILES string of the molecule is CN(C)S(=O)(=O)N1Cc2nnn(C)c2C(COCC2CC2)C1. The molecule has 124 valence electrons. The first kappa shape index (κ1) is 15.9. The molecule has 0 N–H and O–H groups in total. The Morgan fingerprint density at radius 2 is 2.05 bits per heavy atom. The molecule has 0 radical (unpaired) electrons. The third kappa shape index (κ3) is 3.03. The first-order valence-corrected chi connectivity index (χ1v) is 8.93. The molecule has 1 atom stereocenters. The number of aromatic nitrogens is 3. The molecular weight excluding hydrogens is 306 g/mol. The molecule has 22 heavy (non-hydrogen) atoms. The van der Waals surface area contributed by atoms with E-state index in [9.17, 15) is 8.42 Å². The van der Waals surface area contributed by atoms with E-state index >= 15 is 0 Å². The molecule has 0 aromatic carbocycles. The van der Waals surface area contributed by atoms with Gasteiger partial charge in [-0.3, -0.25) is 4.68 Å². The second-order valence-electron chi connectivity index (χ2n) is 6.31. The molecular formula is C13H23N5O3S. The lowest BCUT2D eigenvalue weighted by atomic mass is 10.0. The lowest BCUT2D eigenvalue weighted by Gasteiger charge is -2.32. The summed E-state index contributed by atoms with van der Waals surface area (Å²) in [6.45, 7) is 1.93. The second-order valence-corrected chi connectivity index (χ2v) is 8.45. The topological polar surface area (TPSA) is 80.6 Å². The van der Waals surface area contributed by atoms with Crippen LogP contribution in [0.25, 0.3) is 0 Å². The van der Waals surface area contributed by atoms with E-state index in [1.807, 2.05) is 7.05 Å². The van der Waals surface area contributed by atoms with E-state index in [4.69, 9.17) is 4.74 Å². The number of aryl methyl sites for hydroxylation is 1. The van der Waals surface area contributed by atoms with E-state index in [1.165, 1.54) is 21.5 Å². The maximum absolute atomic E-state index is 12.4. The minimum atomic E-state index is -3.46. The van der Waals surface area contributed by atoms with E-state index in [0.29, 0.717) is 19.1 Å². The molecule has 9 heteroatoms. The van der Waals surface area contributed by atoms with Crippen molar-refractivity contribution in [2.45, 2.75) is 25.3 Å². The molecule has 1 aliphatic carbocycles. The van der Waals surface area contributed by atoms with Gasteiger partial charge in [0.05, 0.1) is 18.8 Å². The summed E-state index contributed by atoms with van der Waals surface area (Å²) in [5.74, 6) is 0.659. The van der Waals surface area contributed by atoms with Crippen LogP contribution in [0, 0.1) is 5.92 Å². The summed E-state index contributed by atoms with van der Waals surface area (Å²) in [6.07, 6.45) is 2.48. The average molecular weight is 329 g/mol. The zero-order valence-electron chi connectivity index (χ0n) is 13.3. The molecule has 2 aliphatic rings. The van der Waals surface area contributed by atoms with Crippen LogP contribution in [0.5, 0.6) is 0 Å². The number of ether oxygens (including phenoxy) is 1. The summed E-state index contributed by atoms with van der Waals surface area (Å²) in [5.41, 5.74) is 1.71. The van der Waals surface area contributed by atoms with Gasteiger partial charge in [0.15, 0.2) is 0 Å². The van der Waals surface area contributed by atoms with Crippen LogP contribution in [0.4, 0.5) is 0 Å². The molecule has 1 unspecified atom stereocenters. The minimum absolute atomic E-state index is 0.0303. The maximum Gasteiger partial charge on any atom is 0.281 e. The van der Waals surface area contributed by atoms with E-state index < -0.39 is 10.2 Å². The number of hydrogen-bond donors (Lipinski definition) is 0. The molecule has 1 aromatic rings. The van der Waals surface area contributed by atoms with E-state index in [2.05, 4.69) is 10.3 Å². The lowest BCUT2D eigenvalue weighted by molar-refractivity contribution is 0.0991. The van der Waals surface area contributed by atoms with Gasteiger partial charge in [0.25, 0.3) is 10.2 Å². The Hall–Kier alpha value is -1.03. The normalized spacial score (nSPS) is 23.0. The van der Waals surface area contributed by atoms with Gasteiger partial charge < -0.3 is 4.74 Å². The Morgan fingerprint density at radius 3 is 2.68 bits per heavy atom. The van der Waals surface area contributed by atoms with Crippen molar-refractivity contribution in [1.82, 2.24) is 23.6 Å². The Labute approximate surface area is 131 Å². The van der Waals surface area contributed by atoms with Crippen molar-refractivity contribution < 1.29 is 13.2 Å². The summed E-state index contributed by atoms with van der Waals surface area (Å²) < 4.78 is 35.0. The Kier molecular flexibility index (Phi) is 4.23. The monoisotopic (exact) mass is 329 g/mol. The van der Waals surface area contributed by atoms with Crippen molar-refractivity contribution in [1.29, 1.82) is 0 Å². The molecule has 3 rings (SSSR count). The quantitative estimate of drug-likeness (QED) is 0.731. The first-order chi connectivity index (χ1) is 10.4. The summed E-state index contributed by atoms with van der Waals surface area (Å²) in [7, 11) is 1.47. The van der Waals surface area contributed by atoms with E-state index in [-0.39, 0.29) is 12.5 Å². The highest BCUT2D eigenvalue weighted by Gasteiger charge is 2.37. The fourth-order valence-electron chi connectivity index (χ4n) is 2.78. The zero-order chi connectivity index (χ0) is 15.9. The molecule has 1 aliphatic heterocycles. The molecule has 0 amide bonds. The van der Waals surface area contributed by atoms with Crippen LogP contribution in [-0.4, -0.2) is 65.9 Å². The molecule has 2 heterocycles. The molecule has 1 saturated carbocycles. The number of nitrogens with zero attached hydrogens (tertiary/aromatic N) is 5. The van der Waals surface area contributed by atoms with Gasteiger partial charge >= 0.3 is 0 Å². The number of fused-ring (bicyclic) bond motifs is 1. The molecule has 0 bridgehead atoms. The first-order valence-electron chi connectivity index (χ1n) is 7.53. The predicted molar refractivity (Wildman–Crippen MR) is 80.3 cm³/mol. The van der Waals surface area contributed by atoms with Crippen LogP contribution in [0.15, 0.2) is 0 Å². The van der Waals surface area contributed by atoms with Crippen molar-refractivity contribution in [2.75, 3.05) is 33.9 Å². The summed E-state index contributed by atoms with van der Waals surface area (Å²) >= 11 is 0. The van der Waals surface area contributed by atoms with Gasteiger partial charge in [-0.25, -0.2) is 0 Å². The van der Waals surface area contributed by atoms with Crippen LogP contribution in [0.3, 0.4) is 0 Å². The predicted octanol–water partition coefficient (Wildman–Crippen LogP) is -0.0527. The largest absolute Gasteiger partial charge is 0.380 e. The van der Waals surface area contributed by atoms with Gasteiger partial charge in [0.2, 0.25) is 0 Å².